The van der Waals surface area contributed by atoms with Crippen molar-refractivity contribution in [3.63, 3.8) is 0 Å². The van der Waals surface area contributed by atoms with Crippen molar-refractivity contribution in [1.82, 2.24) is 5.32 Å². The summed E-state index contributed by atoms with van der Waals surface area (Å²) in [5, 5.41) is 13.6. The monoisotopic (exact) mass is 257 g/mol. The first-order valence-corrected chi connectivity index (χ1v) is 5.84. The van der Waals surface area contributed by atoms with Crippen LogP contribution in [0, 0.1) is 5.92 Å². The first-order valence-electron chi connectivity index (χ1n) is 5.84. The van der Waals surface area contributed by atoms with E-state index in [0.29, 0.717) is 5.92 Å². The molecule has 1 aromatic carbocycles. The Hall–Kier alpha value is -0.770. The van der Waals surface area contributed by atoms with E-state index in [-0.39, 0.29) is 18.5 Å². The van der Waals surface area contributed by atoms with Gasteiger partial charge in [-0.1, -0.05) is 12.1 Å². The Labute approximate surface area is 109 Å². The zero-order valence-corrected chi connectivity index (χ0v) is 10.9. The SMILES string of the molecule is COc1cccc(C(O)C2CCNCC2)c1.Cl. The Morgan fingerprint density at radius 1 is 1.35 bits per heavy atom. The van der Waals surface area contributed by atoms with Crippen LogP contribution >= 0.6 is 12.4 Å². The van der Waals surface area contributed by atoms with E-state index < -0.39 is 0 Å². The summed E-state index contributed by atoms with van der Waals surface area (Å²) in [7, 11) is 1.65. The van der Waals surface area contributed by atoms with E-state index in [1.54, 1.807) is 7.11 Å². The quantitative estimate of drug-likeness (QED) is 0.872. The molecule has 4 heteroatoms. The van der Waals surface area contributed by atoms with Gasteiger partial charge in [0.2, 0.25) is 0 Å². The molecule has 0 amide bonds. The van der Waals surface area contributed by atoms with Gasteiger partial charge in [-0.3, -0.25) is 0 Å². The molecule has 0 aliphatic carbocycles. The van der Waals surface area contributed by atoms with Crippen LogP contribution in [0.1, 0.15) is 24.5 Å². The highest BCUT2D eigenvalue weighted by Crippen LogP contribution is 2.30. The van der Waals surface area contributed by atoms with Gasteiger partial charge in [0.1, 0.15) is 5.75 Å². The Morgan fingerprint density at radius 3 is 2.71 bits per heavy atom. The Morgan fingerprint density at radius 2 is 2.06 bits per heavy atom. The van der Waals surface area contributed by atoms with Gasteiger partial charge in [0.15, 0.2) is 0 Å². The number of nitrogens with one attached hydrogen (secondary N) is 1. The third-order valence-corrected chi connectivity index (χ3v) is 3.27. The lowest BCUT2D eigenvalue weighted by atomic mass is 9.88. The van der Waals surface area contributed by atoms with E-state index in [2.05, 4.69) is 5.32 Å². The summed E-state index contributed by atoms with van der Waals surface area (Å²) < 4.78 is 5.17. The summed E-state index contributed by atoms with van der Waals surface area (Å²) in [5.74, 6) is 1.18. The van der Waals surface area contributed by atoms with E-state index in [1.807, 2.05) is 24.3 Å². The molecule has 2 rings (SSSR count). The summed E-state index contributed by atoms with van der Waals surface area (Å²) in [4.78, 5) is 0. The minimum Gasteiger partial charge on any atom is -0.497 e. The topological polar surface area (TPSA) is 41.5 Å². The minimum absolute atomic E-state index is 0. The van der Waals surface area contributed by atoms with E-state index in [9.17, 15) is 5.11 Å². The fourth-order valence-electron chi connectivity index (χ4n) is 2.26. The molecule has 96 valence electrons. The standard InChI is InChI=1S/C13H19NO2.ClH/c1-16-12-4-2-3-11(9-12)13(15)10-5-7-14-8-6-10;/h2-4,9-10,13-15H,5-8H2,1H3;1H. The molecule has 0 saturated carbocycles. The average molecular weight is 258 g/mol. The minimum atomic E-state index is -0.364. The number of aliphatic hydroxyl groups is 1. The number of rotatable bonds is 3. The molecule has 2 N–H and O–H groups in total. The molecule has 1 heterocycles. The lowest BCUT2D eigenvalue weighted by Crippen LogP contribution is -2.30. The van der Waals surface area contributed by atoms with Gasteiger partial charge >= 0.3 is 0 Å². The largest absolute Gasteiger partial charge is 0.497 e. The van der Waals surface area contributed by atoms with Crippen molar-refractivity contribution >= 4 is 12.4 Å². The summed E-state index contributed by atoms with van der Waals surface area (Å²) >= 11 is 0. The smallest absolute Gasteiger partial charge is 0.119 e. The van der Waals surface area contributed by atoms with Gasteiger partial charge in [0, 0.05) is 0 Å². The fraction of sp³-hybridized carbons (Fsp3) is 0.538. The Kier molecular flexibility index (Phi) is 5.75. The van der Waals surface area contributed by atoms with Gasteiger partial charge in [-0.05, 0) is 49.5 Å². The molecule has 17 heavy (non-hydrogen) atoms. The van der Waals surface area contributed by atoms with Crippen molar-refractivity contribution in [3.8, 4) is 5.75 Å². The molecule has 1 unspecified atom stereocenters. The third kappa shape index (κ3) is 3.60. The zero-order chi connectivity index (χ0) is 11.4. The Bertz CT molecular complexity index is 340. The van der Waals surface area contributed by atoms with Crippen molar-refractivity contribution in [1.29, 1.82) is 0 Å². The van der Waals surface area contributed by atoms with Crippen LogP contribution in [0.3, 0.4) is 0 Å². The highest BCUT2D eigenvalue weighted by Gasteiger charge is 2.22. The van der Waals surface area contributed by atoms with Crippen LogP contribution in [0.5, 0.6) is 5.75 Å². The zero-order valence-electron chi connectivity index (χ0n) is 10.1. The first-order chi connectivity index (χ1) is 7.81. The molecule has 0 bridgehead atoms. The number of halogens is 1. The summed E-state index contributed by atoms with van der Waals surface area (Å²) in [6.07, 6.45) is 1.72. The van der Waals surface area contributed by atoms with Crippen molar-refractivity contribution in [2.24, 2.45) is 5.92 Å². The first kappa shape index (κ1) is 14.3. The second-order valence-corrected chi connectivity index (χ2v) is 4.31. The number of hydrogen-bond donors (Lipinski definition) is 2. The molecule has 1 aliphatic heterocycles. The van der Waals surface area contributed by atoms with Crippen LogP contribution in [0.15, 0.2) is 24.3 Å². The Balaban J connectivity index is 0.00000144. The third-order valence-electron chi connectivity index (χ3n) is 3.27. The van der Waals surface area contributed by atoms with Crippen LogP contribution in [0.4, 0.5) is 0 Å². The lowest BCUT2D eigenvalue weighted by molar-refractivity contribution is 0.0887. The highest BCUT2D eigenvalue weighted by molar-refractivity contribution is 5.85. The molecule has 0 radical (unpaired) electrons. The number of piperidine rings is 1. The molecule has 1 saturated heterocycles. The van der Waals surface area contributed by atoms with Gasteiger partial charge in [0.25, 0.3) is 0 Å². The van der Waals surface area contributed by atoms with Crippen LogP contribution in [-0.2, 0) is 0 Å². The molecule has 3 nitrogen and oxygen atoms in total. The number of hydrogen-bond acceptors (Lipinski definition) is 3. The molecule has 1 aromatic rings. The predicted molar refractivity (Wildman–Crippen MR) is 70.8 cm³/mol. The average Bonchev–Trinajstić information content (AvgIpc) is 2.39. The van der Waals surface area contributed by atoms with Crippen molar-refractivity contribution in [2.75, 3.05) is 20.2 Å². The van der Waals surface area contributed by atoms with Crippen LogP contribution in [-0.4, -0.2) is 25.3 Å². The maximum Gasteiger partial charge on any atom is 0.119 e. The summed E-state index contributed by atoms with van der Waals surface area (Å²) in [6.45, 7) is 2.01. The normalized spacial score (nSPS) is 18.2. The number of methoxy groups -OCH3 is 1. The van der Waals surface area contributed by atoms with Gasteiger partial charge in [-0.15, -0.1) is 12.4 Å². The molecule has 0 aromatic heterocycles. The van der Waals surface area contributed by atoms with E-state index >= 15 is 0 Å². The second-order valence-electron chi connectivity index (χ2n) is 4.31. The molecule has 1 fully saturated rings. The highest BCUT2D eigenvalue weighted by atomic mass is 35.5. The molecular formula is C13H20ClNO2. The number of benzene rings is 1. The van der Waals surface area contributed by atoms with Crippen molar-refractivity contribution in [2.45, 2.75) is 18.9 Å². The van der Waals surface area contributed by atoms with E-state index in [1.165, 1.54) is 0 Å². The molecule has 1 atom stereocenters. The van der Waals surface area contributed by atoms with Crippen LogP contribution < -0.4 is 10.1 Å². The van der Waals surface area contributed by atoms with Gasteiger partial charge in [-0.2, -0.15) is 0 Å². The van der Waals surface area contributed by atoms with Crippen LogP contribution in [0.25, 0.3) is 0 Å². The maximum absolute atomic E-state index is 10.3. The fourth-order valence-corrected chi connectivity index (χ4v) is 2.26. The van der Waals surface area contributed by atoms with Gasteiger partial charge in [-0.25, -0.2) is 0 Å². The summed E-state index contributed by atoms with van der Waals surface area (Å²) in [5.41, 5.74) is 0.964. The van der Waals surface area contributed by atoms with Gasteiger partial charge in [0.05, 0.1) is 13.2 Å². The molecular weight excluding hydrogens is 238 g/mol. The van der Waals surface area contributed by atoms with Crippen LogP contribution in [0.2, 0.25) is 0 Å². The lowest BCUT2D eigenvalue weighted by Gasteiger charge is -2.27. The molecule has 1 aliphatic rings. The van der Waals surface area contributed by atoms with Gasteiger partial charge < -0.3 is 15.2 Å². The van der Waals surface area contributed by atoms with Crippen molar-refractivity contribution in [3.05, 3.63) is 29.8 Å². The second kappa shape index (κ2) is 6.84. The van der Waals surface area contributed by atoms with E-state index in [4.69, 9.17) is 4.74 Å². The predicted octanol–water partition coefficient (Wildman–Crippen LogP) is 2.15. The van der Waals surface area contributed by atoms with Crippen molar-refractivity contribution < 1.29 is 9.84 Å². The molecule has 0 spiro atoms. The van der Waals surface area contributed by atoms with E-state index in [0.717, 1.165) is 37.2 Å². The number of ether oxygens (including phenoxy) is 1. The maximum atomic E-state index is 10.3. The number of aliphatic hydroxyl groups excluding tert-OH is 1. The summed E-state index contributed by atoms with van der Waals surface area (Å²) in [6, 6.07) is 7.72.